The average Bonchev–Trinajstić information content (AvgIpc) is 3.03. The van der Waals surface area contributed by atoms with E-state index < -0.39 is 12.1 Å². The van der Waals surface area contributed by atoms with E-state index in [1.54, 1.807) is 6.08 Å². The molecule has 176 valence electrons. The monoisotopic (exact) mass is 463 g/mol. The van der Waals surface area contributed by atoms with E-state index in [0.717, 1.165) is 22.8 Å². The minimum atomic E-state index is -0.863. The van der Waals surface area contributed by atoms with Crippen molar-refractivity contribution in [1.82, 2.24) is 0 Å². The molecule has 9 heteroatoms. The molecule has 0 heterocycles. The Morgan fingerprint density at radius 2 is 1.91 bits per heavy atom. The van der Waals surface area contributed by atoms with Crippen LogP contribution in [0.25, 0.3) is 6.08 Å². The maximum atomic E-state index is 11.9. The van der Waals surface area contributed by atoms with E-state index >= 15 is 0 Å². The zero-order chi connectivity index (χ0) is 24.9. The molecule has 0 spiro atoms. The van der Waals surface area contributed by atoms with Crippen LogP contribution in [0.4, 0.5) is 11.4 Å². The van der Waals surface area contributed by atoms with Gasteiger partial charge in [-0.3, -0.25) is 0 Å². The first-order chi connectivity index (χ1) is 16.4. The summed E-state index contributed by atoms with van der Waals surface area (Å²) >= 11 is 0. The van der Waals surface area contributed by atoms with Crippen LogP contribution in [0, 0.1) is 14.7 Å². The predicted octanol–water partition coefficient (Wildman–Crippen LogP) is 6.22. The first kappa shape index (κ1) is 26.1. The number of benzene rings is 1. The number of esters is 1. The van der Waals surface area contributed by atoms with Crippen molar-refractivity contribution in [2.45, 2.75) is 32.3 Å². The fourth-order valence-corrected chi connectivity index (χ4v) is 3.00. The fraction of sp³-hybridized carbons (Fsp3) is 0.240. The zero-order valence-electron chi connectivity index (χ0n) is 18.7. The number of nitrogens with zero attached hydrogens (tertiary/aromatic N) is 3. The molecule has 0 saturated heterocycles. The van der Waals surface area contributed by atoms with Crippen LogP contribution in [0.1, 0.15) is 31.7 Å². The highest BCUT2D eigenvalue weighted by molar-refractivity contribution is 5.87. The molecular formula is C25H25N3O6. The molecule has 2 rings (SSSR count). The number of aliphatic hydroxyl groups is 1. The van der Waals surface area contributed by atoms with E-state index in [0.29, 0.717) is 30.5 Å². The second-order valence-corrected chi connectivity index (χ2v) is 7.56. The molecule has 0 fully saturated rings. The summed E-state index contributed by atoms with van der Waals surface area (Å²) in [6.45, 7) is 5.61. The highest BCUT2D eigenvalue weighted by atomic mass is 16.5. The molecule has 1 aromatic rings. The van der Waals surface area contributed by atoms with Crippen molar-refractivity contribution in [3.8, 4) is 0 Å². The largest absolute Gasteiger partial charge is 0.460 e. The molecule has 1 N–H and O–H groups in total. The van der Waals surface area contributed by atoms with Gasteiger partial charge in [-0.2, -0.15) is 0 Å². The summed E-state index contributed by atoms with van der Waals surface area (Å²) < 4.78 is 5.03. The standard InChI is InChI=1S/C25H25N3O6/c1-17(6-8-19-4-3-5-22(26-31)18(2)14-19)7-11-21(29)16-34-25(30)13-10-20-9-12-23(27-32)24(15-20)28-33/h3,5-6,8-10,12-15,21,29H,1,4,7,11,16H2,2H3/b8-6+,13-10+. The quantitative estimate of drug-likeness (QED) is 0.169. The lowest BCUT2D eigenvalue weighted by Crippen LogP contribution is -2.17. The maximum absolute atomic E-state index is 11.9. The van der Waals surface area contributed by atoms with E-state index in [2.05, 4.69) is 22.1 Å². The number of hydrogen-bond acceptors (Lipinski definition) is 9. The average molecular weight is 463 g/mol. The molecule has 1 aliphatic rings. The van der Waals surface area contributed by atoms with E-state index in [9.17, 15) is 24.6 Å². The predicted molar refractivity (Wildman–Crippen MR) is 131 cm³/mol. The second-order valence-electron chi connectivity index (χ2n) is 7.56. The molecule has 0 radical (unpaired) electrons. The summed E-state index contributed by atoms with van der Waals surface area (Å²) in [5, 5.41) is 18.5. The highest BCUT2D eigenvalue weighted by Gasteiger charge is 2.09. The summed E-state index contributed by atoms with van der Waals surface area (Å²) in [5.41, 5.74) is 3.24. The zero-order valence-corrected chi connectivity index (χ0v) is 18.7. The van der Waals surface area contributed by atoms with Crippen LogP contribution < -0.4 is 0 Å². The Labute approximate surface area is 196 Å². The van der Waals surface area contributed by atoms with Crippen molar-refractivity contribution in [1.29, 1.82) is 0 Å². The van der Waals surface area contributed by atoms with E-state index in [1.807, 2.05) is 31.2 Å². The summed E-state index contributed by atoms with van der Waals surface area (Å²) in [7, 11) is 0. The smallest absolute Gasteiger partial charge is 0.330 e. The van der Waals surface area contributed by atoms with E-state index in [1.165, 1.54) is 24.3 Å². The topological polar surface area (TPSA) is 135 Å². The van der Waals surface area contributed by atoms with Gasteiger partial charge in [-0.05, 0) is 82.7 Å². The van der Waals surface area contributed by atoms with Gasteiger partial charge in [-0.1, -0.05) is 42.5 Å². The lowest BCUT2D eigenvalue weighted by atomic mass is 10.1. The van der Waals surface area contributed by atoms with Gasteiger partial charge in [0.2, 0.25) is 0 Å². The van der Waals surface area contributed by atoms with Crippen LogP contribution in [0.3, 0.4) is 0 Å². The van der Waals surface area contributed by atoms with Crippen molar-refractivity contribution in [2.24, 2.45) is 15.5 Å². The van der Waals surface area contributed by atoms with Crippen LogP contribution in [-0.4, -0.2) is 23.8 Å². The van der Waals surface area contributed by atoms with Gasteiger partial charge in [0.1, 0.15) is 23.7 Å². The number of nitroso groups, excluding NO2 is 3. The normalized spacial score (nSPS) is 14.6. The first-order valence-electron chi connectivity index (χ1n) is 10.5. The molecule has 0 amide bonds. The van der Waals surface area contributed by atoms with Crippen molar-refractivity contribution in [3.05, 3.63) is 104 Å². The summed E-state index contributed by atoms with van der Waals surface area (Å²) in [6.07, 6.45) is 12.4. The van der Waals surface area contributed by atoms with Crippen molar-refractivity contribution < 1.29 is 14.6 Å². The Balaban J connectivity index is 1.77. The molecule has 9 nitrogen and oxygen atoms in total. The molecule has 1 unspecified atom stereocenters. The summed E-state index contributed by atoms with van der Waals surface area (Å²) in [5.74, 6) is -0.670. The van der Waals surface area contributed by atoms with Crippen LogP contribution in [0.5, 0.6) is 0 Å². The van der Waals surface area contributed by atoms with E-state index in [-0.39, 0.29) is 18.0 Å². The Bertz CT molecular complexity index is 1110. The van der Waals surface area contributed by atoms with Gasteiger partial charge in [0, 0.05) is 6.08 Å². The number of rotatable bonds is 12. The number of carbonyl (C=O) groups excluding carboxylic acids is 1. The SMILES string of the molecule is C=C(/C=C/C1=CC(C)=C(N=O)C=CC1)CCC(O)COC(=O)/C=C/c1ccc(N=O)c(N=O)c1. The van der Waals surface area contributed by atoms with Crippen LogP contribution >= 0.6 is 0 Å². The lowest BCUT2D eigenvalue weighted by molar-refractivity contribution is -0.140. The number of allylic oxidation sites excluding steroid dienone is 8. The van der Waals surface area contributed by atoms with Crippen LogP contribution in [-0.2, 0) is 9.53 Å². The van der Waals surface area contributed by atoms with Gasteiger partial charge >= 0.3 is 5.97 Å². The molecule has 0 bridgehead atoms. The number of aliphatic hydroxyl groups excluding tert-OH is 1. The number of ether oxygens (including phenoxy) is 1. The lowest BCUT2D eigenvalue weighted by Gasteiger charge is -2.10. The van der Waals surface area contributed by atoms with Gasteiger partial charge in [-0.15, -0.1) is 14.7 Å². The Hall–Kier alpha value is -4.11. The third kappa shape index (κ3) is 8.44. The fourth-order valence-electron chi connectivity index (χ4n) is 3.00. The van der Waals surface area contributed by atoms with Crippen molar-refractivity contribution in [2.75, 3.05) is 6.61 Å². The van der Waals surface area contributed by atoms with Gasteiger partial charge in [-0.25, -0.2) is 4.79 Å². The van der Waals surface area contributed by atoms with Gasteiger partial charge in [0.15, 0.2) is 0 Å². The third-order valence-electron chi connectivity index (χ3n) is 4.89. The molecule has 1 atom stereocenters. The van der Waals surface area contributed by atoms with Gasteiger partial charge < -0.3 is 9.84 Å². The van der Waals surface area contributed by atoms with Crippen molar-refractivity contribution >= 4 is 23.4 Å². The molecule has 34 heavy (non-hydrogen) atoms. The Morgan fingerprint density at radius 3 is 2.62 bits per heavy atom. The summed E-state index contributed by atoms with van der Waals surface area (Å²) in [6, 6.07) is 4.14. The van der Waals surface area contributed by atoms with Crippen LogP contribution in [0.15, 0.2) is 99.2 Å². The molecule has 0 saturated carbocycles. The van der Waals surface area contributed by atoms with Crippen LogP contribution in [0.2, 0.25) is 0 Å². The van der Waals surface area contributed by atoms with Gasteiger partial charge in [0.05, 0.1) is 6.10 Å². The molecule has 1 aliphatic carbocycles. The summed E-state index contributed by atoms with van der Waals surface area (Å²) in [4.78, 5) is 43.9. The first-order valence-corrected chi connectivity index (χ1v) is 10.5. The third-order valence-corrected chi connectivity index (χ3v) is 4.89. The Kier molecular flexibility index (Phi) is 10.3. The van der Waals surface area contributed by atoms with Crippen molar-refractivity contribution in [3.63, 3.8) is 0 Å². The maximum Gasteiger partial charge on any atom is 0.330 e. The number of carbonyl (C=O) groups is 1. The second kappa shape index (κ2) is 13.4. The number of hydrogen-bond donors (Lipinski definition) is 1. The highest BCUT2D eigenvalue weighted by Crippen LogP contribution is 2.28. The minimum absolute atomic E-state index is 0.0895. The minimum Gasteiger partial charge on any atom is -0.460 e. The van der Waals surface area contributed by atoms with E-state index in [4.69, 9.17) is 4.74 Å². The van der Waals surface area contributed by atoms with Gasteiger partial charge in [0.25, 0.3) is 0 Å². The molecule has 0 aromatic heterocycles. The Morgan fingerprint density at radius 1 is 1.15 bits per heavy atom. The molecule has 0 aliphatic heterocycles. The molecular weight excluding hydrogens is 438 g/mol. The molecule has 1 aromatic carbocycles.